The van der Waals surface area contributed by atoms with Crippen molar-refractivity contribution in [3.63, 3.8) is 0 Å². The molecule has 1 aliphatic rings. The molecular weight excluding hydrogens is 416 g/mol. The summed E-state index contributed by atoms with van der Waals surface area (Å²) in [6, 6.07) is 36.5. The molecular formula is C32H30O2. The average Bonchev–Trinajstić information content (AvgIpc) is 2.91. The molecule has 0 fully saturated rings. The molecule has 0 amide bonds. The third kappa shape index (κ3) is 4.98. The quantitative estimate of drug-likeness (QED) is 0.313. The lowest BCUT2D eigenvalue weighted by atomic mass is 9.79. The zero-order chi connectivity index (χ0) is 23.2. The van der Waals surface area contributed by atoms with Crippen molar-refractivity contribution >= 4 is 11.1 Å². The van der Waals surface area contributed by atoms with Gasteiger partial charge in [-0.2, -0.15) is 0 Å². The zero-order valence-corrected chi connectivity index (χ0v) is 19.4. The minimum Gasteiger partial charge on any atom is -0.489 e. The fourth-order valence-corrected chi connectivity index (χ4v) is 4.78. The number of allylic oxidation sites excluding steroid dienone is 1. The van der Waals surface area contributed by atoms with Crippen LogP contribution in [0.1, 0.15) is 46.2 Å². The number of hydrogen-bond acceptors (Lipinski definition) is 2. The number of fused-ring (bicyclic) bond motifs is 1. The van der Waals surface area contributed by atoms with E-state index in [1.807, 2.05) is 18.2 Å². The summed E-state index contributed by atoms with van der Waals surface area (Å²) in [5.41, 5.74) is 10.3. The van der Waals surface area contributed by atoms with E-state index in [4.69, 9.17) is 9.84 Å². The molecule has 0 atom stereocenters. The molecule has 0 radical (unpaired) electrons. The fourth-order valence-electron chi connectivity index (χ4n) is 4.78. The predicted octanol–water partition coefficient (Wildman–Crippen LogP) is 7.10. The summed E-state index contributed by atoms with van der Waals surface area (Å²) >= 11 is 0. The molecule has 0 aliphatic heterocycles. The molecule has 0 bridgehead atoms. The van der Waals surface area contributed by atoms with E-state index in [1.54, 1.807) is 0 Å². The van der Waals surface area contributed by atoms with E-state index in [0.29, 0.717) is 6.61 Å². The van der Waals surface area contributed by atoms with Crippen molar-refractivity contribution in [1.29, 1.82) is 0 Å². The Bertz CT molecular complexity index is 1260. The Morgan fingerprint density at radius 3 is 2.15 bits per heavy atom. The van der Waals surface area contributed by atoms with E-state index in [2.05, 4.69) is 84.9 Å². The van der Waals surface area contributed by atoms with E-state index in [-0.39, 0.29) is 6.61 Å². The minimum atomic E-state index is 0.229. The molecule has 0 saturated heterocycles. The van der Waals surface area contributed by atoms with Gasteiger partial charge < -0.3 is 9.84 Å². The highest BCUT2D eigenvalue weighted by molar-refractivity contribution is 6.00. The van der Waals surface area contributed by atoms with Gasteiger partial charge in [0.2, 0.25) is 0 Å². The van der Waals surface area contributed by atoms with Gasteiger partial charge in [0.1, 0.15) is 12.4 Å². The van der Waals surface area contributed by atoms with E-state index >= 15 is 0 Å². The maximum Gasteiger partial charge on any atom is 0.120 e. The van der Waals surface area contributed by atoms with Crippen molar-refractivity contribution in [2.45, 2.75) is 32.3 Å². The van der Waals surface area contributed by atoms with Gasteiger partial charge in [0.15, 0.2) is 0 Å². The highest BCUT2D eigenvalue weighted by Crippen LogP contribution is 2.41. The van der Waals surface area contributed by atoms with Crippen LogP contribution < -0.4 is 4.74 Å². The average molecular weight is 447 g/mol. The lowest BCUT2D eigenvalue weighted by Gasteiger charge is -2.25. The topological polar surface area (TPSA) is 29.5 Å². The number of rotatable bonds is 8. The van der Waals surface area contributed by atoms with Gasteiger partial charge in [0.25, 0.3) is 0 Å². The van der Waals surface area contributed by atoms with Crippen LogP contribution in [0.25, 0.3) is 11.1 Å². The van der Waals surface area contributed by atoms with Gasteiger partial charge in [-0.15, -0.1) is 0 Å². The molecule has 5 rings (SSSR count). The van der Waals surface area contributed by atoms with Crippen molar-refractivity contribution in [2.75, 3.05) is 6.61 Å². The SMILES string of the molecule is OCCCc1ccc(C2=C(c3ccccc3)CCc3cc(OCc4ccccc4)ccc32)cc1. The number of aliphatic hydroxyl groups excluding tert-OH is 1. The van der Waals surface area contributed by atoms with Crippen LogP contribution >= 0.6 is 0 Å². The lowest BCUT2D eigenvalue weighted by molar-refractivity contribution is 0.288. The molecule has 0 aromatic heterocycles. The van der Waals surface area contributed by atoms with Crippen LogP contribution in [0, 0.1) is 0 Å². The second-order valence-corrected chi connectivity index (χ2v) is 8.84. The molecule has 0 heterocycles. The fraction of sp³-hybridized carbons (Fsp3) is 0.188. The van der Waals surface area contributed by atoms with Crippen LogP contribution in [-0.4, -0.2) is 11.7 Å². The number of benzene rings is 4. The molecule has 1 aliphatic carbocycles. The van der Waals surface area contributed by atoms with Crippen LogP contribution in [0.5, 0.6) is 5.75 Å². The second kappa shape index (κ2) is 10.5. The van der Waals surface area contributed by atoms with Crippen LogP contribution in [0.4, 0.5) is 0 Å². The largest absolute Gasteiger partial charge is 0.489 e. The number of aryl methyl sites for hydroxylation is 2. The second-order valence-electron chi connectivity index (χ2n) is 8.84. The van der Waals surface area contributed by atoms with Crippen LogP contribution in [0.2, 0.25) is 0 Å². The normalized spacial score (nSPS) is 13.0. The van der Waals surface area contributed by atoms with Gasteiger partial charge in [0, 0.05) is 6.61 Å². The molecule has 170 valence electrons. The highest BCUT2D eigenvalue weighted by Gasteiger charge is 2.22. The first-order chi connectivity index (χ1) is 16.8. The molecule has 4 aromatic carbocycles. The van der Waals surface area contributed by atoms with E-state index in [9.17, 15) is 0 Å². The minimum absolute atomic E-state index is 0.229. The summed E-state index contributed by atoms with van der Waals surface area (Å²) in [6.07, 6.45) is 3.70. The monoisotopic (exact) mass is 446 g/mol. The van der Waals surface area contributed by atoms with Gasteiger partial charge in [-0.3, -0.25) is 0 Å². The summed E-state index contributed by atoms with van der Waals surface area (Å²) < 4.78 is 6.13. The predicted molar refractivity (Wildman–Crippen MR) is 140 cm³/mol. The molecule has 0 spiro atoms. The van der Waals surface area contributed by atoms with Crippen molar-refractivity contribution in [1.82, 2.24) is 0 Å². The van der Waals surface area contributed by atoms with Crippen molar-refractivity contribution in [3.05, 3.63) is 137 Å². The molecule has 4 aromatic rings. The Morgan fingerprint density at radius 2 is 1.41 bits per heavy atom. The van der Waals surface area contributed by atoms with Crippen LogP contribution in [-0.2, 0) is 19.4 Å². The van der Waals surface area contributed by atoms with Crippen LogP contribution in [0.3, 0.4) is 0 Å². The molecule has 2 heteroatoms. The van der Waals surface area contributed by atoms with Crippen molar-refractivity contribution < 1.29 is 9.84 Å². The smallest absolute Gasteiger partial charge is 0.120 e. The van der Waals surface area contributed by atoms with E-state index in [0.717, 1.165) is 31.4 Å². The number of hydrogen-bond donors (Lipinski definition) is 1. The first-order valence-electron chi connectivity index (χ1n) is 12.1. The Kier molecular flexibility index (Phi) is 6.88. The van der Waals surface area contributed by atoms with E-state index < -0.39 is 0 Å². The summed E-state index contributed by atoms with van der Waals surface area (Å²) in [4.78, 5) is 0. The summed E-state index contributed by atoms with van der Waals surface area (Å²) in [7, 11) is 0. The molecule has 0 unspecified atom stereocenters. The zero-order valence-electron chi connectivity index (χ0n) is 19.4. The van der Waals surface area contributed by atoms with E-state index in [1.165, 1.54) is 44.5 Å². The summed E-state index contributed by atoms with van der Waals surface area (Å²) in [5.74, 6) is 0.921. The highest BCUT2D eigenvalue weighted by atomic mass is 16.5. The van der Waals surface area contributed by atoms with Gasteiger partial charge in [-0.05, 0) is 82.3 Å². The maximum atomic E-state index is 9.16. The first kappa shape index (κ1) is 22.2. The number of ether oxygens (including phenoxy) is 1. The lowest BCUT2D eigenvalue weighted by Crippen LogP contribution is -2.07. The Labute approximate surface area is 202 Å². The van der Waals surface area contributed by atoms with Gasteiger partial charge >= 0.3 is 0 Å². The van der Waals surface area contributed by atoms with Gasteiger partial charge in [-0.1, -0.05) is 91.0 Å². The molecule has 2 nitrogen and oxygen atoms in total. The van der Waals surface area contributed by atoms with Gasteiger partial charge in [-0.25, -0.2) is 0 Å². The Balaban J connectivity index is 1.50. The molecule has 34 heavy (non-hydrogen) atoms. The standard InChI is InChI=1S/C32H30O2/c33-21-7-10-24-13-15-27(16-14-24)32-30(26-11-5-2-6-12-26)19-17-28-22-29(18-20-31(28)32)34-23-25-8-3-1-4-9-25/h1-6,8-9,11-16,18,20,22,33H,7,10,17,19,21,23H2. The third-order valence-electron chi connectivity index (χ3n) is 6.53. The first-order valence-corrected chi connectivity index (χ1v) is 12.1. The molecule has 0 saturated carbocycles. The maximum absolute atomic E-state index is 9.16. The van der Waals surface area contributed by atoms with Crippen LogP contribution in [0.15, 0.2) is 103 Å². The third-order valence-corrected chi connectivity index (χ3v) is 6.53. The molecule has 1 N–H and O–H groups in total. The Morgan fingerprint density at radius 1 is 0.676 bits per heavy atom. The Hall–Kier alpha value is -3.62. The number of aliphatic hydroxyl groups is 1. The van der Waals surface area contributed by atoms with Crippen molar-refractivity contribution in [2.24, 2.45) is 0 Å². The van der Waals surface area contributed by atoms with Gasteiger partial charge in [0.05, 0.1) is 0 Å². The summed E-state index contributed by atoms with van der Waals surface area (Å²) in [6.45, 7) is 0.806. The van der Waals surface area contributed by atoms with Crippen molar-refractivity contribution in [3.8, 4) is 5.75 Å². The summed E-state index contributed by atoms with van der Waals surface area (Å²) in [5, 5.41) is 9.16.